The molecule has 0 aliphatic carbocycles. The van der Waals surface area contributed by atoms with E-state index in [1.807, 2.05) is 61.5 Å². The Morgan fingerprint density at radius 1 is 1.04 bits per heavy atom. The number of para-hydroxylation sites is 1. The molecule has 0 spiro atoms. The Hall–Kier alpha value is -2.71. The van der Waals surface area contributed by atoms with Crippen LogP contribution in [0.2, 0.25) is 0 Å². The molecule has 6 nitrogen and oxygen atoms in total. The van der Waals surface area contributed by atoms with E-state index >= 15 is 0 Å². The second kappa shape index (κ2) is 9.29. The van der Waals surface area contributed by atoms with Crippen LogP contribution in [0.3, 0.4) is 0 Å². The summed E-state index contributed by atoms with van der Waals surface area (Å²) in [5.41, 5.74) is 2.76. The highest BCUT2D eigenvalue weighted by Gasteiger charge is 2.15. The van der Waals surface area contributed by atoms with Gasteiger partial charge in [0.15, 0.2) is 4.34 Å². The zero-order valence-electron chi connectivity index (χ0n) is 14.6. The van der Waals surface area contributed by atoms with E-state index in [0.29, 0.717) is 10.9 Å². The third-order valence-electron chi connectivity index (χ3n) is 3.65. The van der Waals surface area contributed by atoms with E-state index in [-0.39, 0.29) is 22.6 Å². The fourth-order valence-electron chi connectivity index (χ4n) is 2.22. The van der Waals surface area contributed by atoms with Crippen LogP contribution in [0.5, 0.6) is 0 Å². The van der Waals surface area contributed by atoms with Crippen LogP contribution in [0.25, 0.3) is 0 Å². The number of carbonyl (C=O) groups excluding carboxylic acids is 2. The van der Waals surface area contributed by atoms with Gasteiger partial charge >= 0.3 is 0 Å². The van der Waals surface area contributed by atoms with Crippen LogP contribution < -0.4 is 10.6 Å². The molecule has 0 saturated heterocycles. The number of aromatic nitrogens is 2. The fourth-order valence-corrected chi connectivity index (χ4v) is 3.80. The summed E-state index contributed by atoms with van der Waals surface area (Å²) < 4.78 is 0.583. The number of anilines is 1. The highest BCUT2D eigenvalue weighted by Crippen LogP contribution is 2.23. The van der Waals surface area contributed by atoms with Crippen LogP contribution in [0.4, 0.5) is 5.69 Å². The first-order valence-electron chi connectivity index (χ1n) is 8.26. The van der Waals surface area contributed by atoms with Crippen molar-refractivity contribution < 1.29 is 9.59 Å². The smallest absolute Gasteiger partial charge is 0.286 e. The zero-order valence-corrected chi connectivity index (χ0v) is 16.3. The molecular formula is C19H18N4O2S2. The molecule has 2 N–H and O–H groups in total. The van der Waals surface area contributed by atoms with E-state index in [1.165, 1.54) is 23.1 Å². The lowest BCUT2D eigenvalue weighted by atomic mass is 10.2. The minimum absolute atomic E-state index is 0.0926. The monoisotopic (exact) mass is 398 g/mol. The third kappa shape index (κ3) is 5.63. The summed E-state index contributed by atoms with van der Waals surface area (Å²) in [7, 11) is 0. The van der Waals surface area contributed by atoms with Gasteiger partial charge in [-0.25, -0.2) is 0 Å². The number of hydrogen-bond acceptors (Lipinski definition) is 6. The van der Waals surface area contributed by atoms with Crippen molar-refractivity contribution in [3.63, 3.8) is 0 Å². The molecule has 1 aromatic heterocycles. The SMILES string of the molecule is Cc1ccccc1NC(=O)c1nnc(SCC(=O)NCc2ccccc2)s1. The summed E-state index contributed by atoms with van der Waals surface area (Å²) in [6.07, 6.45) is 0. The normalized spacial score (nSPS) is 10.4. The molecule has 0 radical (unpaired) electrons. The summed E-state index contributed by atoms with van der Waals surface area (Å²) in [4.78, 5) is 24.2. The van der Waals surface area contributed by atoms with Crippen molar-refractivity contribution in [1.29, 1.82) is 0 Å². The average molecular weight is 399 g/mol. The van der Waals surface area contributed by atoms with Gasteiger partial charge in [0.1, 0.15) is 0 Å². The molecule has 27 heavy (non-hydrogen) atoms. The molecule has 1 heterocycles. The molecule has 0 bridgehead atoms. The number of hydrogen-bond donors (Lipinski definition) is 2. The number of rotatable bonds is 7. The van der Waals surface area contributed by atoms with Gasteiger partial charge in [0, 0.05) is 12.2 Å². The van der Waals surface area contributed by atoms with E-state index in [9.17, 15) is 9.59 Å². The quantitative estimate of drug-likeness (QED) is 0.595. The van der Waals surface area contributed by atoms with Crippen molar-refractivity contribution in [2.75, 3.05) is 11.1 Å². The fraction of sp³-hybridized carbons (Fsp3) is 0.158. The standard InChI is InChI=1S/C19H18N4O2S2/c1-13-7-5-6-10-15(13)21-17(25)18-22-23-19(27-18)26-12-16(24)20-11-14-8-3-2-4-9-14/h2-10H,11-12H2,1H3,(H,20,24)(H,21,25). The van der Waals surface area contributed by atoms with Gasteiger partial charge in [-0.3, -0.25) is 9.59 Å². The predicted octanol–water partition coefficient (Wildman–Crippen LogP) is 3.51. The van der Waals surface area contributed by atoms with Gasteiger partial charge < -0.3 is 10.6 Å². The lowest BCUT2D eigenvalue weighted by Gasteiger charge is -2.05. The van der Waals surface area contributed by atoms with Crippen molar-refractivity contribution in [2.45, 2.75) is 17.8 Å². The number of thioether (sulfide) groups is 1. The Morgan fingerprint density at radius 2 is 1.78 bits per heavy atom. The second-order valence-corrected chi connectivity index (χ2v) is 7.89. The summed E-state index contributed by atoms with van der Waals surface area (Å²) in [5.74, 6) is -0.173. The number of carbonyl (C=O) groups is 2. The van der Waals surface area contributed by atoms with Crippen molar-refractivity contribution >= 4 is 40.6 Å². The largest absolute Gasteiger partial charge is 0.351 e. The summed E-state index contributed by atoms with van der Waals surface area (Å²) in [5, 5.41) is 13.8. The molecule has 0 aliphatic rings. The maximum Gasteiger partial charge on any atom is 0.286 e. The van der Waals surface area contributed by atoms with E-state index in [0.717, 1.165) is 16.8 Å². The molecule has 0 unspecified atom stereocenters. The number of nitrogens with one attached hydrogen (secondary N) is 2. The van der Waals surface area contributed by atoms with Crippen molar-refractivity contribution in [3.8, 4) is 0 Å². The maximum absolute atomic E-state index is 12.3. The van der Waals surface area contributed by atoms with Gasteiger partial charge in [0.2, 0.25) is 10.9 Å². The van der Waals surface area contributed by atoms with Crippen LogP contribution >= 0.6 is 23.1 Å². The van der Waals surface area contributed by atoms with Crippen LogP contribution in [0, 0.1) is 6.92 Å². The van der Waals surface area contributed by atoms with Crippen molar-refractivity contribution in [1.82, 2.24) is 15.5 Å². The molecule has 138 valence electrons. The maximum atomic E-state index is 12.3. The van der Waals surface area contributed by atoms with Gasteiger partial charge in [-0.05, 0) is 24.1 Å². The molecule has 0 saturated carbocycles. The molecule has 2 amide bonds. The number of aryl methyl sites for hydroxylation is 1. The molecule has 8 heteroatoms. The van der Waals surface area contributed by atoms with E-state index < -0.39 is 0 Å². The Balaban J connectivity index is 1.48. The zero-order chi connectivity index (χ0) is 19.1. The molecule has 0 fully saturated rings. The Morgan fingerprint density at radius 3 is 2.56 bits per heavy atom. The first kappa shape index (κ1) is 19.1. The number of amides is 2. The molecule has 3 aromatic rings. The molecule has 0 atom stereocenters. The molecule has 0 aliphatic heterocycles. The topological polar surface area (TPSA) is 84.0 Å². The minimum atomic E-state index is -0.304. The minimum Gasteiger partial charge on any atom is -0.351 e. The van der Waals surface area contributed by atoms with Crippen LogP contribution in [-0.4, -0.2) is 27.8 Å². The van der Waals surface area contributed by atoms with E-state index in [1.54, 1.807) is 0 Å². The van der Waals surface area contributed by atoms with Gasteiger partial charge in [0.05, 0.1) is 5.75 Å². The first-order valence-corrected chi connectivity index (χ1v) is 10.1. The van der Waals surface area contributed by atoms with Crippen LogP contribution in [-0.2, 0) is 11.3 Å². The summed E-state index contributed by atoms with van der Waals surface area (Å²) in [6.45, 7) is 2.41. The van der Waals surface area contributed by atoms with Crippen molar-refractivity contribution in [3.05, 3.63) is 70.7 Å². The van der Waals surface area contributed by atoms with Gasteiger partial charge in [0.25, 0.3) is 5.91 Å². The van der Waals surface area contributed by atoms with Gasteiger partial charge in [-0.2, -0.15) is 0 Å². The average Bonchev–Trinajstić information content (AvgIpc) is 3.16. The Bertz CT molecular complexity index is 928. The number of nitrogens with zero attached hydrogens (tertiary/aromatic N) is 2. The predicted molar refractivity (Wildman–Crippen MR) is 108 cm³/mol. The summed E-state index contributed by atoms with van der Waals surface area (Å²) >= 11 is 2.44. The van der Waals surface area contributed by atoms with E-state index in [4.69, 9.17) is 0 Å². The molecular weight excluding hydrogens is 380 g/mol. The van der Waals surface area contributed by atoms with E-state index in [2.05, 4.69) is 20.8 Å². The first-order chi connectivity index (χ1) is 13.1. The lowest BCUT2D eigenvalue weighted by molar-refractivity contribution is -0.118. The van der Waals surface area contributed by atoms with Gasteiger partial charge in [-0.1, -0.05) is 71.6 Å². The van der Waals surface area contributed by atoms with Crippen LogP contribution in [0.1, 0.15) is 20.9 Å². The molecule has 2 aromatic carbocycles. The van der Waals surface area contributed by atoms with Gasteiger partial charge in [-0.15, -0.1) is 10.2 Å². The highest BCUT2D eigenvalue weighted by molar-refractivity contribution is 8.01. The Labute approximate surface area is 165 Å². The third-order valence-corrected chi connectivity index (χ3v) is 5.71. The lowest BCUT2D eigenvalue weighted by Crippen LogP contribution is -2.24. The molecule has 3 rings (SSSR count). The van der Waals surface area contributed by atoms with Crippen LogP contribution in [0.15, 0.2) is 58.9 Å². The highest BCUT2D eigenvalue weighted by atomic mass is 32.2. The van der Waals surface area contributed by atoms with Crippen molar-refractivity contribution in [2.24, 2.45) is 0 Å². The number of benzene rings is 2. The Kier molecular flexibility index (Phi) is 6.56. The summed E-state index contributed by atoms with van der Waals surface area (Å²) in [6, 6.07) is 17.2. The second-order valence-electron chi connectivity index (χ2n) is 5.69.